The average molecular weight is 347 g/mol. The number of aromatic nitrogens is 1. The molecule has 24 heavy (non-hydrogen) atoms. The van der Waals surface area contributed by atoms with Crippen molar-refractivity contribution in [1.82, 2.24) is 4.98 Å². The summed E-state index contributed by atoms with van der Waals surface area (Å²) in [6.07, 6.45) is 4.18. The first-order chi connectivity index (χ1) is 11.3. The summed E-state index contributed by atoms with van der Waals surface area (Å²) in [5.74, 6) is -0.0824. The summed E-state index contributed by atoms with van der Waals surface area (Å²) in [6, 6.07) is 10.6. The molecule has 0 saturated carbocycles. The van der Waals surface area contributed by atoms with E-state index in [0.29, 0.717) is 17.3 Å². The maximum absolute atomic E-state index is 12.2. The highest BCUT2D eigenvalue weighted by Gasteiger charge is 2.21. The minimum Gasteiger partial charge on any atom is -0.323 e. The number of nitrogens with zero attached hydrogens (tertiary/aromatic N) is 2. The minimum absolute atomic E-state index is 0.297. The van der Waals surface area contributed by atoms with E-state index in [4.69, 9.17) is 0 Å². The highest BCUT2D eigenvalue weighted by atomic mass is 32.2. The molecular formula is C17H21N3O3S. The summed E-state index contributed by atoms with van der Waals surface area (Å²) in [5.41, 5.74) is 2.08. The van der Waals surface area contributed by atoms with Crippen LogP contribution in [0.4, 0.5) is 11.4 Å². The van der Waals surface area contributed by atoms with Gasteiger partial charge >= 0.3 is 0 Å². The van der Waals surface area contributed by atoms with Crippen LogP contribution in [-0.4, -0.2) is 32.1 Å². The number of amides is 1. The Labute approximate surface area is 142 Å². The van der Waals surface area contributed by atoms with Crippen LogP contribution < -0.4 is 9.62 Å². The topological polar surface area (TPSA) is 79.4 Å². The van der Waals surface area contributed by atoms with Gasteiger partial charge in [0.05, 0.1) is 23.8 Å². The van der Waals surface area contributed by atoms with Crippen molar-refractivity contribution in [2.45, 2.75) is 19.8 Å². The summed E-state index contributed by atoms with van der Waals surface area (Å²) in [5, 5.41) is 2.64. The number of benzene rings is 1. The molecule has 0 radical (unpaired) electrons. The molecule has 6 nitrogen and oxygen atoms in total. The van der Waals surface area contributed by atoms with Gasteiger partial charge in [-0.15, -0.1) is 0 Å². The molecule has 2 aromatic rings. The van der Waals surface area contributed by atoms with E-state index in [1.807, 2.05) is 12.1 Å². The van der Waals surface area contributed by atoms with Crippen molar-refractivity contribution in [2.75, 3.05) is 22.4 Å². The Morgan fingerprint density at radius 3 is 2.38 bits per heavy atom. The minimum atomic E-state index is -3.58. The highest BCUT2D eigenvalue weighted by Crippen LogP contribution is 2.22. The quantitative estimate of drug-likeness (QED) is 0.871. The first kappa shape index (κ1) is 17.9. The molecule has 0 saturated heterocycles. The number of rotatable bonds is 6. The first-order valence-electron chi connectivity index (χ1n) is 7.55. The highest BCUT2D eigenvalue weighted by molar-refractivity contribution is 7.92. The van der Waals surface area contributed by atoms with Crippen molar-refractivity contribution in [1.29, 1.82) is 0 Å². The molecule has 1 heterocycles. The third kappa shape index (κ3) is 4.79. The molecule has 0 aliphatic heterocycles. The predicted octanol–water partition coefficient (Wildman–Crippen LogP) is 2.61. The fraction of sp³-hybridized carbons (Fsp3) is 0.294. The monoisotopic (exact) mass is 347 g/mol. The molecule has 1 aromatic carbocycles. The second kappa shape index (κ2) is 7.44. The number of sulfonamides is 1. The molecule has 2 rings (SSSR count). The second-order valence-corrected chi connectivity index (χ2v) is 7.71. The van der Waals surface area contributed by atoms with Crippen LogP contribution in [0.15, 0.2) is 48.8 Å². The molecule has 0 spiro atoms. The van der Waals surface area contributed by atoms with Gasteiger partial charge in [-0.1, -0.05) is 26.0 Å². The van der Waals surface area contributed by atoms with E-state index in [1.54, 1.807) is 30.5 Å². The van der Waals surface area contributed by atoms with E-state index >= 15 is 0 Å². The van der Waals surface area contributed by atoms with Crippen LogP contribution >= 0.6 is 0 Å². The van der Waals surface area contributed by atoms with Crippen LogP contribution in [0.3, 0.4) is 0 Å². The molecule has 1 amide bonds. The summed E-state index contributed by atoms with van der Waals surface area (Å²) in [6.45, 7) is 3.82. The Morgan fingerprint density at radius 1 is 1.21 bits per heavy atom. The van der Waals surface area contributed by atoms with Crippen molar-refractivity contribution < 1.29 is 13.2 Å². The van der Waals surface area contributed by atoms with E-state index in [9.17, 15) is 13.2 Å². The molecule has 128 valence electrons. The maximum atomic E-state index is 12.2. The number of hydrogen-bond donors (Lipinski definition) is 1. The fourth-order valence-electron chi connectivity index (χ4n) is 2.19. The van der Waals surface area contributed by atoms with E-state index in [-0.39, 0.29) is 6.54 Å². The van der Waals surface area contributed by atoms with E-state index in [2.05, 4.69) is 24.1 Å². The normalized spacial score (nSPS) is 11.3. The van der Waals surface area contributed by atoms with Crippen LogP contribution in [-0.2, 0) is 14.8 Å². The molecule has 0 bridgehead atoms. The zero-order chi connectivity index (χ0) is 17.7. The van der Waals surface area contributed by atoms with Crippen molar-refractivity contribution in [3.8, 4) is 0 Å². The molecule has 1 aromatic heterocycles. The van der Waals surface area contributed by atoms with Crippen LogP contribution in [0.25, 0.3) is 0 Å². The number of nitrogens with one attached hydrogen (secondary N) is 1. The Hall–Kier alpha value is -2.41. The molecular weight excluding hydrogens is 326 g/mol. The maximum Gasteiger partial charge on any atom is 0.245 e. The van der Waals surface area contributed by atoms with Crippen molar-refractivity contribution >= 4 is 27.3 Å². The number of carbonyl (C=O) groups excluding carboxylic acids is 1. The number of anilines is 2. The third-order valence-corrected chi connectivity index (χ3v) is 4.62. The first-order valence-corrected chi connectivity index (χ1v) is 9.40. The smallest absolute Gasteiger partial charge is 0.245 e. The number of carbonyl (C=O) groups is 1. The summed E-state index contributed by atoms with van der Waals surface area (Å²) >= 11 is 0. The van der Waals surface area contributed by atoms with Gasteiger partial charge in [0.25, 0.3) is 0 Å². The van der Waals surface area contributed by atoms with Gasteiger partial charge in [0.15, 0.2) is 0 Å². The molecule has 1 N–H and O–H groups in total. The molecule has 0 aliphatic rings. The predicted molar refractivity (Wildman–Crippen MR) is 95.6 cm³/mol. The second-order valence-electron chi connectivity index (χ2n) is 5.81. The third-order valence-electron chi connectivity index (χ3n) is 3.48. The summed E-state index contributed by atoms with van der Waals surface area (Å²) in [7, 11) is -3.58. The van der Waals surface area contributed by atoms with Gasteiger partial charge in [0.2, 0.25) is 15.9 Å². The van der Waals surface area contributed by atoms with Gasteiger partial charge in [-0.2, -0.15) is 0 Å². The zero-order valence-corrected chi connectivity index (χ0v) is 14.7. The molecule has 7 heteroatoms. The van der Waals surface area contributed by atoms with Crippen LogP contribution in [0, 0.1) is 0 Å². The van der Waals surface area contributed by atoms with Crippen LogP contribution in [0.2, 0.25) is 0 Å². The Kier molecular flexibility index (Phi) is 5.56. The van der Waals surface area contributed by atoms with Gasteiger partial charge in [0.1, 0.15) is 6.54 Å². The van der Waals surface area contributed by atoms with E-state index < -0.39 is 15.9 Å². The lowest BCUT2D eigenvalue weighted by atomic mass is 10.0. The van der Waals surface area contributed by atoms with Crippen LogP contribution in [0.5, 0.6) is 0 Å². The lowest BCUT2D eigenvalue weighted by Crippen LogP contribution is -2.37. The van der Waals surface area contributed by atoms with Gasteiger partial charge in [-0.25, -0.2) is 8.42 Å². The fourth-order valence-corrected chi connectivity index (χ4v) is 3.05. The van der Waals surface area contributed by atoms with Crippen molar-refractivity contribution in [2.24, 2.45) is 0 Å². The number of pyridine rings is 1. The molecule has 0 unspecified atom stereocenters. The van der Waals surface area contributed by atoms with Crippen LogP contribution in [0.1, 0.15) is 25.3 Å². The average Bonchev–Trinajstić information content (AvgIpc) is 2.52. The SMILES string of the molecule is CC(C)c1ccc(N(CC(=O)Nc2cccnc2)S(C)(=O)=O)cc1. The standard InChI is InChI=1S/C17H21N3O3S/c1-13(2)14-6-8-16(9-7-14)20(24(3,22)23)12-17(21)19-15-5-4-10-18-11-15/h4-11,13H,12H2,1-3H3,(H,19,21). The van der Waals surface area contributed by atoms with Crippen molar-refractivity contribution in [3.05, 3.63) is 54.4 Å². The van der Waals surface area contributed by atoms with E-state index in [1.165, 1.54) is 6.20 Å². The van der Waals surface area contributed by atoms with E-state index in [0.717, 1.165) is 16.1 Å². The van der Waals surface area contributed by atoms with Gasteiger partial charge in [-0.3, -0.25) is 14.1 Å². The van der Waals surface area contributed by atoms with Gasteiger partial charge in [-0.05, 0) is 35.7 Å². The lowest BCUT2D eigenvalue weighted by molar-refractivity contribution is -0.114. The summed E-state index contributed by atoms with van der Waals surface area (Å²) in [4.78, 5) is 16.1. The molecule has 0 fully saturated rings. The Morgan fingerprint density at radius 2 is 1.88 bits per heavy atom. The molecule has 0 aliphatic carbocycles. The number of hydrogen-bond acceptors (Lipinski definition) is 4. The summed E-state index contributed by atoms with van der Waals surface area (Å²) < 4.78 is 25.2. The molecule has 0 atom stereocenters. The Balaban J connectivity index is 2.18. The van der Waals surface area contributed by atoms with Gasteiger partial charge < -0.3 is 5.32 Å². The van der Waals surface area contributed by atoms with Gasteiger partial charge in [0, 0.05) is 6.20 Å². The van der Waals surface area contributed by atoms with Crippen molar-refractivity contribution in [3.63, 3.8) is 0 Å². The largest absolute Gasteiger partial charge is 0.323 e. The Bertz CT molecular complexity index is 788. The zero-order valence-electron chi connectivity index (χ0n) is 13.9. The lowest BCUT2D eigenvalue weighted by Gasteiger charge is -2.22.